The third kappa shape index (κ3) is 8.08. The number of amides is 1. The SMILES string of the molecule is O=C(CCCC=CC[C@H]1[C@@H](O)CC(=O)[C@@H]1C=C[C@@H](O)CCc1ccccc1)NC1CC1. The molecular weight excluding hydrogens is 390 g/mol. The second kappa shape index (κ2) is 12.0. The molecule has 168 valence electrons. The van der Waals surface area contributed by atoms with Crippen molar-refractivity contribution in [2.24, 2.45) is 11.8 Å². The summed E-state index contributed by atoms with van der Waals surface area (Å²) >= 11 is 0. The number of benzene rings is 1. The third-order valence-corrected chi connectivity index (χ3v) is 6.14. The van der Waals surface area contributed by atoms with Gasteiger partial charge in [-0.3, -0.25) is 9.59 Å². The predicted molar refractivity (Wildman–Crippen MR) is 121 cm³/mol. The molecule has 3 rings (SSSR count). The van der Waals surface area contributed by atoms with Crippen molar-refractivity contribution in [3.05, 3.63) is 60.2 Å². The first kappa shape index (κ1) is 23.4. The summed E-state index contributed by atoms with van der Waals surface area (Å²) in [6.45, 7) is 0. The zero-order valence-corrected chi connectivity index (χ0v) is 18.2. The molecule has 2 aliphatic carbocycles. The Morgan fingerprint density at radius 2 is 1.97 bits per heavy atom. The summed E-state index contributed by atoms with van der Waals surface area (Å²) in [5, 5.41) is 23.6. The number of aliphatic hydroxyl groups is 2. The van der Waals surface area contributed by atoms with Crippen molar-refractivity contribution >= 4 is 11.7 Å². The molecular formula is C26H35NO4. The smallest absolute Gasteiger partial charge is 0.220 e. The van der Waals surface area contributed by atoms with Crippen LogP contribution in [0.2, 0.25) is 0 Å². The Kier molecular flexibility index (Phi) is 9.04. The molecule has 0 heterocycles. The highest BCUT2D eigenvalue weighted by Gasteiger charge is 2.39. The molecule has 0 aliphatic heterocycles. The second-order valence-electron chi connectivity index (χ2n) is 8.85. The van der Waals surface area contributed by atoms with E-state index in [2.05, 4.69) is 5.32 Å². The molecule has 2 saturated carbocycles. The van der Waals surface area contributed by atoms with Crippen LogP contribution in [0.5, 0.6) is 0 Å². The topological polar surface area (TPSA) is 86.6 Å². The molecule has 0 bridgehead atoms. The lowest BCUT2D eigenvalue weighted by Crippen LogP contribution is -2.24. The van der Waals surface area contributed by atoms with E-state index in [-0.39, 0.29) is 29.9 Å². The third-order valence-electron chi connectivity index (χ3n) is 6.14. The van der Waals surface area contributed by atoms with Gasteiger partial charge in [0.15, 0.2) is 0 Å². The number of aryl methyl sites for hydroxylation is 1. The van der Waals surface area contributed by atoms with Crippen molar-refractivity contribution in [1.82, 2.24) is 5.32 Å². The molecule has 0 saturated heterocycles. The van der Waals surface area contributed by atoms with E-state index >= 15 is 0 Å². The van der Waals surface area contributed by atoms with E-state index in [1.807, 2.05) is 42.5 Å². The number of allylic oxidation sites excluding steroid dienone is 3. The first-order valence-electron chi connectivity index (χ1n) is 11.6. The maximum Gasteiger partial charge on any atom is 0.220 e. The molecule has 0 aromatic heterocycles. The number of unbranched alkanes of at least 4 members (excludes halogenated alkanes) is 1. The van der Waals surface area contributed by atoms with Crippen LogP contribution in [0.1, 0.15) is 56.9 Å². The van der Waals surface area contributed by atoms with Crippen molar-refractivity contribution < 1.29 is 19.8 Å². The molecule has 0 spiro atoms. The molecule has 5 nitrogen and oxygen atoms in total. The Bertz CT molecular complexity index is 769. The second-order valence-corrected chi connectivity index (χ2v) is 8.85. The maximum absolute atomic E-state index is 12.3. The van der Waals surface area contributed by atoms with Crippen LogP contribution < -0.4 is 5.32 Å². The van der Waals surface area contributed by atoms with Crippen LogP contribution in [0, 0.1) is 11.8 Å². The summed E-state index contributed by atoms with van der Waals surface area (Å²) in [6, 6.07) is 10.4. The zero-order valence-electron chi connectivity index (χ0n) is 18.2. The minimum absolute atomic E-state index is 0.0363. The van der Waals surface area contributed by atoms with Crippen LogP contribution in [0.4, 0.5) is 0 Å². The number of Topliss-reactive ketones (excluding diaryl/α,β-unsaturated/α-hetero) is 1. The fraction of sp³-hybridized carbons (Fsp3) is 0.538. The fourth-order valence-corrected chi connectivity index (χ4v) is 4.11. The molecule has 31 heavy (non-hydrogen) atoms. The summed E-state index contributed by atoms with van der Waals surface area (Å²) in [6.07, 6.45) is 12.8. The lowest BCUT2D eigenvalue weighted by molar-refractivity contribution is -0.121. The van der Waals surface area contributed by atoms with Crippen LogP contribution in [0.25, 0.3) is 0 Å². The normalized spacial score (nSPS) is 24.8. The number of rotatable bonds is 12. The van der Waals surface area contributed by atoms with Gasteiger partial charge in [0, 0.05) is 30.7 Å². The van der Waals surface area contributed by atoms with Crippen LogP contribution >= 0.6 is 0 Å². The van der Waals surface area contributed by atoms with Crippen molar-refractivity contribution in [3.63, 3.8) is 0 Å². The number of ketones is 1. The average Bonchev–Trinajstić information content (AvgIpc) is 3.52. The Hall–Kier alpha value is -2.24. The van der Waals surface area contributed by atoms with Crippen molar-refractivity contribution in [1.29, 1.82) is 0 Å². The molecule has 4 atom stereocenters. The monoisotopic (exact) mass is 425 g/mol. The van der Waals surface area contributed by atoms with Gasteiger partial charge in [-0.2, -0.15) is 0 Å². The summed E-state index contributed by atoms with van der Waals surface area (Å²) in [5.74, 6) is -0.340. The Morgan fingerprint density at radius 1 is 1.19 bits per heavy atom. The molecule has 5 heteroatoms. The lowest BCUT2D eigenvalue weighted by atomic mass is 9.90. The number of hydrogen-bond acceptors (Lipinski definition) is 4. The van der Waals surface area contributed by atoms with Crippen molar-refractivity contribution in [3.8, 4) is 0 Å². The van der Waals surface area contributed by atoms with E-state index in [0.29, 0.717) is 25.3 Å². The van der Waals surface area contributed by atoms with Gasteiger partial charge >= 0.3 is 0 Å². The van der Waals surface area contributed by atoms with E-state index in [9.17, 15) is 19.8 Å². The minimum atomic E-state index is -0.641. The number of carbonyl (C=O) groups is 2. The molecule has 0 unspecified atom stereocenters. The van der Waals surface area contributed by atoms with Crippen LogP contribution in [-0.4, -0.2) is 40.2 Å². The Morgan fingerprint density at radius 3 is 2.71 bits per heavy atom. The summed E-state index contributed by atoms with van der Waals surface area (Å²) in [7, 11) is 0. The van der Waals surface area contributed by atoms with E-state index in [1.54, 1.807) is 12.2 Å². The Balaban J connectivity index is 1.40. The van der Waals surface area contributed by atoms with Gasteiger partial charge in [0.2, 0.25) is 5.91 Å². The van der Waals surface area contributed by atoms with Gasteiger partial charge in [0.1, 0.15) is 5.78 Å². The van der Waals surface area contributed by atoms with Crippen LogP contribution in [0.15, 0.2) is 54.6 Å². The van der Waals surface area contributed by atoms with E-state index < -0.39 is 12.2 Å². The predicted octanol–water partition coefficient (Wildman–Crippen LogP) is 3.50. The molecule has 2 aliphatic rings. The molecule has 1 aromatic carbocycles. The highest BCUT2D eigenvalue weighted by molar-refractivity contribution is 5.86. The fourth-order valence-electron chi connectivity index (χ4n) is 4.11. The number of aliphatic hydroxyl groups excluding tert-OH is 2. The van der Waals surface area contributed by atoms with Gasteiger partial charge in [-0.1, -0.05) is 54.6 Å². The molecule has 0 radical (unpaired) electrons. The summed E-state index contributed by atoms with van der Waals surface area (Å²) in [4.78, 5) is 24.0. The van der Waals surface area contributed by atoms with Crippen LogP contribution in [0.3, 0.4) is 0 Å². The van der Waals surface area contributed by atoms with Gasteiger partial charge in [-0.25, -0.2) is 0 Å². The summed E-state index contributed by atoms with van der Waals surface area (Å²) < 4.78 is 0. The van der Waals surface area contributed by atoms with Gasteiger partial charge in [0.25, 0.3) is 0 Å². The highest BCUT2D eigenvalue weighted by Crippen LogP contribution is 2.33. The van der Waals surface area contributed by atoms with Crippen molar-refractivity contribution in [2.45, 2.75) is 76.0 Å². The molecule has 2 fully saturated rings. The maximum atomic E-state index is 12.3. The van der Waals surface area contributed by atoms with Crippen LogP contribution in [-0.2, 0) is 16.0 Å². The number of carbonyl (C=O) groups excluding carboxylic acids is 2. The standard InChI is InChI=1S/C26H35NO4/c28-21(15-12-19-8-4-3-5-9-19)16-17-23-22(24(29)18-25(23)30)10-6-1-2-7-11-26(31)27-20-13-14-20/h1,3-6,8-9,16-17,20-24,28-29H,2,7,10-15,18H2,(H,27,31)/t21-,22+,23+,24-/m0/s1. The average molecular weight is 426 g/mol. The van der Waals surface area contributed by atoms with Gasteiger partial charge in [0.05, 0.1) is 12.2 Å². The van der Waals surface area contributed by atoms with E-state index in [1.165, 1.54) is 5.56 Å². The number of hydrogen-bond donors (Lipinski definition) is 3. The first-order chi connectivity index (χ1) is 15.0. The first-order valence-corrected chi connectivity index (χ1v) is 11.6. The number of nitrogens with one attached hydrogen (secondary N) is 1. The van der Waals surface area contributed by atoms with Gasteiger partial charge in [-0.05, 0) is 50.5 Å². The van der Waals surface area contributed by atoms with E-state index in [4.69, 9.17) is 0 Å². The summed E-state index contributed by atoms with van der Waals surface area (Å²) in [5.41, 5.74) is 1.18. The largest absolute Gasteiger partial charge is 0.392 e. The highest BCUT2D eigenvalue weighted by atomic mass is 16.3. The lowest BCUT2D eigenvalue weighted by Gasteiger charge is -2.17. The molecule has 3 N–H and O–H groups in total. The van der Waals surface area contributed by atoms with Gasteiger partial charge in [-0.15, -0.1) is 0 Å². The molecule has 1 aromatic rings. The zero-order chi connectivity index (χ0) is 22.1. The Labute approximate surface area is 185 Å². The minimum Gasteiger partial charge on any atom is -0.392 e. The van der Waals surface area contributed by atoms with E-state index in [0.717, 1.165) is 32.1 Å². The molecule has 1 amide bonds. The quantitative estimate of drug-likeness (QED) is 0.353. The van der Waals surface area contributed by atoms with Crippen molar-refractivity contribution in [2.75, 3.05) is 0 Å². The van der Waals surface area contributed by atoms with Gasteiger partial charge < -0.3 is 15.5 Å².